The van der Waals surface area contributed by atoms with Crippen molar-refractivity contribution in [3.63, 3.8) is 0 Å². The van der Waals surface area contributed by atoms with Crippen molar-refractivity contribution in [2.45, 2.75) is 0 Å². The predicted molar refractivity (Wildman–Crippen MR) is 114 cm³/mol. The summed E-state index contributed by atoms with van der Waals surface area (Å²) in [5, 5.41) is 24.8. The number of hydrogen-bond donors (Lipinski definition) is 2. The van der Waals surface area contributed by atoms with Crippen molar-refractivity contribution in [2.24, 2.45) is 5.10 Å². The number of nitro benzene ring substituents is 1. The second-order valence-electron chi connectivity index (χ2n) is 6.32. The summed E-state index contributed by atoms with van der Waals surface area (Å²) in [6.45, 7) is 0. The summed E-state index contributed by atoms with van der Waals surface area (Å²) in [5.41, 5.74) is 2.26. The molecule has 0 aliphatic carbocycles. The molecule has 0 bridgehead atoms. The average molecular weight is 435 g/mol. The molecule has 3 rings (SSSR count). The van der Waals surface area contributed by atoms with Crippen molar-refractivity contribution in [1.82, 2.24) is 5.43 Å². The highest BCUT2D eigenvalue weighted by Crippen LogP contribution is 2.28. The standard InChI is InChI=1S/C22H17N3O7/c1-31-16-9-7-15(8-10-16)22(28)32-20-11-6-14(12-18(20)25(29)30)13-23-24-21(27)17-4-2-3-5-19(17)26/h2-13,26H,1H3,(H,24,27)/b23-13+. The Balaban J connectivity index is 1.73. The SMILES string of the molecule is COc1ccc(C(=O)Oc2ccc(/C=N/NC(=O)c3ccccc3O)cc2[N+](=O)[O-])cc1. The number of rotatable bonds is 7. The predicted octanol–water partition coefficient (Wildman–Crippen LogP) is 3.29. The molecule has 0 saturated heterocycles. The Morgan fingerprint density at radius 2 is 1.81 bits per heavy atom. The van der Waals surface area contributed by atoms with Crippen LogP contribution in [0.15, 0.2) is 71.8 Å². The molecule has 32 heavy (non-hydrogen) atoms. The molecule has 0 fully saturated rings. The van der Waals surface area contributed by atoms with Gasteiger partial charge in [-0.05, 0) is 48.5 Å². The Bertz CT molecular complexity index is 1190. The molecular weight excluding hydrogens is 418 g/mol. The first-order valence-electron chi connectivity index (χ1n) is 9.15. The number of ether oxygens (including phenoxy) is 2. The summed E-state index contributed by atoms with van der Waals surface area (Å²) in [6.07, 6.45) is 1.18. The van der Waals surface area contributed by atoms with E-state index in [9.17, 15) is 24.8 Å². The third-order valence-corrected chi connectivity index (χ3v) is 4.24. The van der Waals surface area contributed by atoms with Crippen LogP contribution in [-0.4, -0.2) is 35.2 Å². The fourth-order valence-electron chi connectivity index (χ4n) is 2.62. The van der Waals surface area contributed by atoms with E-state index in [1.807, 2.05) is 0 Å². The third-order valence-electron chi connectivity index (χ3n) is 4.24. The Labute approximate surface area is 181 Å². The van der Waals surface area contributed by atoms with Crippen molar-refractivity contribution in [3.05, 3.63) is 93.5 Å². The van der Waals surface area contributed by atoms with E-state index in [0.717, 1.165) is 6.07 Å². The number of phenolic OH excluding ortho intramolecular Hbond substituents is 1. The zero-order valence-electron chi connectivity index (χ0n) is 16.7. The first-order valence-corrected chi connectivity index (χ1v) is 9.15. The van der Waals surface area contributed by atoms with E-state index in [-0.39, 0.29) is 28.2 Å². The molecule has 10 heteroatoms. The van der Waals surface area contributed by atoms with Gasteiger partial charge in [0.15, 0.2) is 0 Å². The summed E-state index contributed by atoms with van der Waals surface area (Å²) >= 11 is 0. The lowest BCUT2D eigenvalue weighted by Crippen LogP contribution is -2.17. The number of nitro groups is 1. The number of carbonyl (C=O) groups is 2. The minimum absolute atomic E-state index is 0.0245. The van der Waals surface area contributed by atoms with Gasteiger partial charge in [0.1, 0.15) is 11.5 Å². The van der Waals surface area contributed by atoms with E-state index in [4.69, 9.17) is 9.47 Å². The molecule has 0 unspecified atom stereocenters. The number of amides is 1. The average Bonchev–Trinajstić information content (AvgIpc) is 2.80. The molecule has 0 heterocycles. The van der Waals surface area contributed by atoms with E-state index in [1.165, 1.54) is 49.7 Å². The number of aromatic hydroxyl groups is 1. The van der Waals surface area contributed by atoms with Crippen LogP contribution in [0.2, 0.25) is 0 Å². The number of para-hydroxylation sites is 1. The van der Waals surface area contributed by atoms with Gasteiger partial charge in [0.2, 0.25) is 5.75 Å². The number of methoxy groups -OCH3 is 1. The topological polar surface area (TPSA) is 140 Å². The quantitative estimate of drug-likeness (QED) is 0.191. The third kappa shape index (κ3) is 5.25. The van der Waals surface area contributed by atoms with Crippen LogP contribution in [0.4, 0.5) is 5.69 Å². The van der Waals surface area contributed by atoms with Gasteiger partial charge in [-0.1, -0.05) is 12.1 Å². The van der Waals surface area contributed by atoms with Crippen LogP contribution in [-0.2, 0) is 0 Å². The number of carbonyl (C=O) groups excluding carboxylic acids is 2. The summed E-state index contributed by atoms with van der Waals surface area (Å²) in [4.78, 5) is 35.1. The lowest BCUT2D eigenvalue weighted by atomic mass is 10.2. The lowest BCUT2D eigenvalue weighted by molar-refractivity contribution is -0.385. The molecule has 2 N–H and O–H groups in total. The highest BCUT2D eigenvalue weighted by Gasteiger charge is 2.19. The van der Waals surface area contributed by atoms with Crippen LogP contribution >= 0.6 is 0 Å². The van der Waals surface area contributed by atoms with E-state index < -0.39 is 22.5 Å². The van der Waals surface area contributed by atoms with Gasteiger partial charge in [-0.2, -0.15) is 5.10 Å². The van der Waals surface area contributed by atoms with Gasteiger partial charge in [0, 0.05) is 11.6 Å². The Hall–Kier alpha value is -4.73. The summed E-state index contributed by atoms with van der Waals surface area (Å²) in [6, 6.07) is 15.8. The van der Waals surface area contributed by atoms with E-state index in [2.05, 4.69) is 10.5 Å². The number of nitrogens with zero attached hydrogens (tertiary/aromatic N) is 2. The van der Waals surface area contributed by atoms with Crippen molar-refractivity contribution < 1.29 is 29.1 Å². The van der Waals surface area contributed by atoms with Crippen molar-refractivity contribution in [2.75, 3.05) is 7.11 Å². The van der Waals surface area contributed by atoms with Crippen molar-refractivity contribution in [1.29, 1.82) is 0 Å². The number of benzene rings is 3. The van der Waals surface area contributed by atoms with Gasteiger partial charge < -0.3 is 14.6 Å². The minimum atomic E-state index is -0.771. The number of nitrogens with one attached hydrogen (secondary N) is 1. The largest absolute Gasteiger partial charge is 0.507 e. The second kappa shape index (κ2) is 9.85. The number of esters is 1. The molecule has 0 atom stereocenters. The van der Waals surface area contributed by atoms with Gasteiger partial charge >= 0.3 is 11.7 Å². The molecule has 0 aliphatic rings. The molecule has 0 spiro atoms. The fraction of sp³-hybridized carbons (Fsp3) is 0.0455. The maximum atomic E-state index is 12.3. The maximum Gasteiger partial charge on any atom is 0.343 e. The highest BCUT2D eigenvalue weighted by molar-refractivity contribution is 5.97. The lowest BCUT2D eigenvalue weighted by Gasteiger charge is -2.06. The van der Waals surface area contributed by atoms with Crippen molar-refractivity contribution in [3.8, 4) is 17.2 Å². The van der Waals surface area contributed by atoms with Gasteiger partial charge in [-0.15, -0.1) is 0 Å². The van der Waals surface area contributed by atoms with Gasteiger partial charge in [0.25, 0.3) is 5.91 Å². The molecular formula is C22H17N3O7. The molecule has 0 aromatic heterocycles. The number of hydrazone groups is 1. The van der Waals surface area contributed by atoms with Gasteiger partial charge in [-0.3, -0.25) is 14.9 Å². The maximum absolute atomic E-state index is 12.3. The van der Waals surface area contributed by atoms with Crippen LogP contribution in [0.1, 0.15) is 26.3 Å². The molecule has 0 radical (unpaired) electrons. The van der Waals surface area contributed by atoms with Crippen LogP contribution < -0.4 is 14.9 Å². The Kier molecular flexibility index (Phi) is 6.76. The van der Waals surface area contributed by atoms with E-state index >= 15 is 0 Å². The first kappa shape index (κ1) is 22.0. The summed E-state index contributed by atoms with van der Waals surface area (Å²) < 4.78 is 10.2. The van der Waals surface area contributed by atoms with Crippen LogP contribution in [0.25, 0.3) is 0 Å². The van der Waals surface area contributed by atoms with Gasteiger partial charge in [-0.25, -0.2) is 10.2 Å². The fourth-order valence-corrected chi connectivity index (χ4v) is 2.62. The molecule has 162 valence electrons. The second-order valence-corrected chi connectivity index (χ2v) is 6.32. The van der Waals surface area contributed by atoms with Crippen LogP contribution in [0, 0.1) is 10.1 Å². The summed E-state index contributed by atoms with van der Waals surface area (Å²) in [7, 11) is 1.48. The first-order chi connectivity index (χ1) is 15.4. The normalized spacial score (nSPS) is 10.5. The smallest absolute Gasteiger partial charge is 0.343 e. The highest BCUT2D eigenvalue weighted by atomic mass is 16.6. The number of phenols is 1. The number of hydrogen-bond acceptors (Lipinski definition) is 8. The van der Waals surface area contributed by atoms with Crippen molar-refractivity contribution >= 4 is 23.8 Å². The Morgan fingerprint density at radius 3 is 2.47 bits per heavy atom. The minimum Gasteiger partial charge on any atom is -0.507 e. The zero-order chi connectivity index (χ0) is 23.1. The molecule has 3 aromatic rings. The molecule has 3 aromatic carbocycles. The Morgan fingerprint density at radius 1 is 1.09 bits per heavy atom. The molecule has 1 amide bonds. The van der Waals surface area contributed by atoms with Gasteiger partial charge in [0.05, 0.1) is 29.4 Å². The summed E-state index contributed by atoms with van der Waals surface area (Å²) in [5.74, 6) is -1.33. The van der Waals surface area contributed by atoms with Crippen LogP contribution in [0.5, 0.6) is 17.2 Å². The van der Waals surface area contributed by atoms with E-state index in [1.54, 1.807) is 24.3 Å². The molecule has 0 aliphatic heterocycles. The molecule has 0 saturated carbocycles. The molecule has 10 nitrogen and oxygen atoms in total. The zero-order valence-corrected chi connectivity index (χ0v) is 16.7. The van der Waals surface area contributed by atoms with Crippen LogP contribution in [0.3, 0.4) is 0 Å². The van der Waals surface area contributed by atoms with E-state index in [0.29, 0.717) is 5.75 Å². The monoisotopic (exact) mass is 435 g/mol.